The fourth-order valence-corrected chi connectivity index (χ4v) is 5.29. The minimum Gasteiger partial charge on any atom is -0.379 e. The van der Waals surface area contributed by atoms with Crippen molar-refractivity contribution >= 4 is 15.9 Å². The zero-order valence-electron chi connectivity index (χ0n) is 19.0. The van der Waals surface area contributed by atoms with Crippen LogP contribution in [0.4, 0.5) is 0 Å². The summed E-state index contributed by atoms with van der Waals surface area (Å²) in [5.41, 5.74) is 3.00. The summed E-state index contributed by atoms with van der Waals surface area (Å²) in [6.07, 6.45) is 0.672. The number of nitrogens with zero attached hydrogens (tertiary/aromatic N) is 1. The van der Waals surface area contributed by atoms with Crippen LogP contribution >= 0.6 is 0 Å². The normalized spacial score (nSPS) is 15.1. The molecule has 1 heterocycles. The largest absolute Gasteiger partial charge is 0.379 e. The minimum absolute atomic E-state index is 0.113. The maximum Gasteiger partial charge on any atom is 0.251 e. The molecule has 1 saturated heterocycles. The Balaban J connectivity index is 1.78. The van der Waals surface area contributed by atoms with Gasteiger partial charge in [-0.15, -0.1) is 0 Å². The highest BCUT2D eigenvalue weighted by molar-refractivity contribution is 7.89. The lowest BCUT2D eigenvalue weighted by Gasteiger charge is -2.27. The van der Waals surface area contributed by atoms with Crippen LogP contribution in [-0.4, -0.2) is 51.0 Å². The van der Waals surface area contributed by atoms with Crippen LogP contribution in [0.25, 0.3) is 0 Å². The number of aryl methyl sites for hydroxylation is 1. The van der Waals surface area contributed by atoms with Crippen LogP contribution in [0, 0.1) is 0 Å². The molecular weight excluding hydrogens is 428 g/mol. The van der Waals surface area contributed by atoms with E-state index < -0.39 is 10.0 Å². The Kier molecular flexibility index (Phi) is 8.42. The first-order chi connectivity index (χ1) is 15.3. The number of ether oxygens (including phenoxy) is 2. The van der Waals surface area contributed by atoms with E-state index in [0.29, 0.717) is 57.0 Å². The second kappa shape index (κ2) is 11.0. The van der Waals surface area contributed by atoms with E-state index >= 15 is 0 Å². The van der Waals surface area contributed by atoms with Crippen molar-refractivity contribution in [1.82, 2.24) is 9.62 Å². The van der Waals surface area contributed by atoms with Gasteiger partial charge in [-0.1, -0.05) is 37.3 Å². The third-order valence-corrected chi connectivity index (χ3v) is 7.41. The number of hydrogen-bond acceptors (Lipinski definition) is 5. The highest BCUT2D eigenvalue weighted by atomic mass is 32.2. The minimum atomic E-state index is -3.69. The van der Waals surface area contributed by atoms with Gasteiger partial charge in [0.2, 0.25) is 10.0 Å². The molecule has 0 spiro atoms. The molecule has 1 fully saturated rings. The standard InChI is InChI=1S/C24H32N2O5S/c1-4-19-9-10-20(15-23(19)32(28,29)26-11-13-30-14-12-26)24(27)25-16-21-7-5-6-8-22(21)17-31-18(2)3/h5-10,15,18H,4,11-14,16-17H2,1-3H3,(H,25,27). The second-order valence-corrected chi connectivity index (χ2v) is 9.91. The van der Waals surface area contributed by atoms with Gasteiger partial charge in [0.25, 0.3) is 5.91 Å². The number of morpholine rings is 1. The van der Waals surface area contributed by atoms with Crippen LogP contribution in [0.3, 0.4) is 0 Å². The van der Waals surface area contributed by atoms with Crippen LogP contribution in [0.5, 0.6) is 0 Å². The number of amides is 1. The van der Waals surface area contributed by atoms with Gasteiger partial charge in [0.1, 0.15) is 0 Å². The number of rotatable bonds is 9. The van der Waals surface area contributed by atoms with Crippen LogP contribution in [-0.2, 0) is 39.1 Å². The first kappa shape index (κ1) is 24.4. The molecule has 0 aromatic heterocycles. The van der Waals surface area contributed by atoms with E-state index in [0.717, 1.165) is 11.1 Å². The summed E-state index contributed by atoms with van der Waals surface area (Å²) < 4.78 is 38.9. The molecule has 0 aliphatic carbocycles. The van der Waals surface area contributed by atoms with Gasteiger partial charge in [-0.05, 0) is 49.1 Å². The van der Waals surface area contributed by atoms with E-state index in [-0.39, 0.29) is 16.9 Å². The van der Waals surface area contributed by atoms with E-state index in [1.165, 1.54) is 10.4 Å². The highest BCUT2D eigenvalue weighted by Gasteiger charge is 2.29. The monoisotopic (exact) mass is 460 g/mol. The van der Waals surface area contributed by atoms with Crippen molar-refractivity contribution in [2.45, 2.75) is 51.3 Å². The zero-order valence-corrected chi connectivity index (χ0v) is 19.8. The van der Waals surface area contributed by atoms with Gasteiger partial charge in [-0.25, -0.2) is 8.42 Å². The lowest BCUT2D eigenvalue weighted by atomic mass is 10.1. The molecule has 174 valence electrons. The molecule has 2 aromatic carbocycles. The SMILES string of the molecule is CCc1ccc(C(=O)NCc2ccccc2COC(C)C)cc1S(=O)(=O)N1CCOCC1. The van der Waals surface area contributed by atoms with Crippen molar-refractivity contribution in [3.8, 4) is 0 Å². The summed E-state index contributed by atoms with van der Waals surface area (Å²) >= 11 is 0. The van der Waals surface area contributed by atoms with Gasteiger partial charge in [-0.2, -0.15) is 4.31 Å². The van der Waals surface area contributed by atoms with E-state index in [1.54, 1.807) is 12.1 Å². The fraction of sp³-hybridized carbons (Fsp3) is 0.458. The number of sulfonamides is 1. The molecule has 0 saturated carbocycles. The van der Waals surface area contributed by atoms with Gasteiger partial charge >= 0.3 is 0 Å². The van der Waals surface area contributed by atoms with Crippen molar-refractivity contribution in [2.24, 2.45) is 0 Å². The van der Waals surface area contributed by atoms with Crippen molar-refractivity contribution in [3.63, 3.8) is 0 Å². The van der Waals surface area contributed by atoms with Gasteiger partial charge in [0.05, 0.1) is 30.8 Å². The summed E-state index contributed by atoms with van der Waals surface area (Å²) in [4.78, 5) is 13.1. The van der Waals surface area contributed by atoms with Crippen LogP contribution in [0.1, 0.15) is 47.8 Å². The molecule has 0 bridgehead atoms. The summed E-state index contributed by atoms with van der Waals surface area (Å²) in [5.74, 6) is -0.314. The van der Waals surface area contributed by atoms with Crippen molar-refractivity contribution in [3.05, 3.63) is 64.7 Å². The number of carbonyl (C=O) groups excluding carboxylic acids is 1. The molecule has 2 aromatic rings. The van der Waals surface area contributed by atoms with Crippen LogP contribution in [0.2, 0.25) is 0 Å². The predicted molar refractivity (Wildman–Crippen MR) is 123 cm³/mol. The van der Waals surface area contributed by atoms with Crippen LogP contribution in [0.15, 0.2) is 47.4 Å². The Morgan fingerprint density at radius 1 is 1.09 bits per heavy atom. The first-order valence-electron chi connectivity index (χ1n) is 11.0. The molecule has 1 N–H and O–H groups in total. The molecule has 7 nitrogen and oxygen atoms in total. The maximum absolute atomic E-state index is 13.2. The Morgan fingerprint density at radius 2 is 1.78 bits per heavy atom. The average molecular weight is 461 g/mol. The van der Waals surface area contributed by atoms with Gasteiger partial charge in [-0.3, -0.25) is 4.79 Å². The quantitative estimate of drug-likeness (QED) is 0.622. The van der Waals surface area contributed by atoms with Crippen molar-refractivity contribution in [1.29, 1.82) is 0 Å². The lowest BCUT2D eigenvalue weighted by molar-refractivity contribution is 0.0651. The van der Waals surface area contributed by atoms with Gasteiger partial charge < -0.3 is 14.8 Å². The number of benzene rings is 2. The van der Waals surface area contributed by atoms with Gasteiger partial charge in [0.15, 0.2) is 0 Å². The Hall–Kier alpha value is -2.26. The molecule has 1 amide bonds. The highest BCUT2D eigenvalue weighted by Crippen LogP contribution is 2.23. The summed E-state index contributed by atoms with van der Waals surface area (Å²) in [6.45, 7) is 8.05. The average Bonchev–Trinajstić information content (AvgIpc) is 2.81. The number of hydrogen-bond donors (Lipinski definition) is 1. The fourth-order valence-electron chi connectivity index (χ4n) is 3.56. The molecule has 32 heavy (non-hydrogen) atoms. The van der Waals surface area contributed by atoms with E-state index in [4.69, 9.17) is 9.47 Å². The maximum atomic E-state index is 13.2. The number of nitrogens with one attached hydrogen (secondary N) is 1. The summed E-state index contributed by atoms with van der Waals surface area (Å²) in [5, 5.41) is 2.92. The molecule has 8 heteroatoms. The smallest absolute Gasteiger partial charge is 0.251 e. The van der Waals surface area contributed by atoms with Crippen LogP contribution < -0.4 is 5.32 Å². The van der Waals surface area contributed by atoms with E-state index in [1.807, 2.05) is 45.0 Å². The second-order valence-electron chi connectivity index (χ2n) is 8.00. The molecule has 3 rings (SSSR count). The van der Waals surface area contributed by atoms with Crippen molar-refractivity contribution in [2.75, 3.05) is 26.3 Å². The summed E-state index contributed by atoms with van der Waals surface area (Å²) in [7, 11) is -3.69. The third kappa shape index (κ3) is 5.95. The van der Waals surface area contributed by atoms with Crippen molar-refractivity contribution < 1.29 is 22.7 Å². The molecule has 1 aliphatic rings. The topological polar surface area (TPSA) is 84.9 Å². The number of carbonyl (C=O) groups is 1. The Labute approximate surface area is 190 Å². The lowest BCUT2D eigenvalue weighted by Crippen LogP contribution is -2.41. The Morgan fingerprint density at radius 3 is 2.44 bits per heavy atom. The zero-order chi connectivity index (χ0) is 23.1. The molecule has 1 aliphatic heterocycles. The molecular formula is C24H32N2O5S. The van der Waals surface area contributed by atoms with E-state index in [9.17, 15) is 13.2 Å². The third-order valence-electron chi connectivity index (χ3n) is 5.43. The predicted octanol–water partition coefficient (Wildman–Crippen LogP) is 3.12. The Bertz CT molecular complexity index is 1030. The molecule has 0 unspecified atom stereocenters. The molecule has 0 atom stereocenters. The molecule has 0 radical (unpaired) electrons. The van der Waals surface area contributed by atoms with Gasteiger partial charge in [0, 0.05) is 25.2 Å². The first-order valence-corrected chi connectivity index (χ1v) is 12.4. The summed E-state index contributed by atoms with van der Waals surface area (Å²) in [6, 6.07) is 12.7. The van der Waals surface area contributed by atoms with E-state index in [2.05, 4.69) is 5.32 Å².